The molecule has 0 heterocycles. The van der Waals surface area contributed by atoms with E-state index in [1.165, 1.54) is 77.0 Å². The van der Waals surface area contributed by atoms with E-state index in [1.54, 1.807) is 0 Å². The van der Waals surface area contributed by atoms with Gasteiger partial charge in [0, 0.05) is 0 Å². The summed E-state index contributed by atoms with van der Waals surface area (Å²) in [6.07, 6.45) is 19.4. The van der Waals surface area contributed by atoms with Crippen LogP contribution >= 0.6 is 0 Å². The summed E-state index contributed by atoms with van der Waals surface area (Å²) in [5.41, 5.74) is -0.711. The van der Waals surface area contributed by atoms with E-state index >= 15 is 0 Å². The monoisotopic (exact) mass is 365 g/mol. The molecule has 0 bridgehead atoms. The first-order valence-corrected chi connectivity index (χ1v) is 10.4. The first-order valence-electron chi connectivity index (χ1n) is 10.4. The van der Waals surface area contributed by atoms with Crippen molar-refractivity contribution in [3.05, 3.63) is 0 Å². The molecule has 25 heavy (non-hydrogen) atoms. The molecular weight excluding hydrogens is 321 g/mol. The molecular formula is C21H44NNaO2. The maximum atomic E-state index is 11.4. The predicted molar refractivity (Wildman–Crippen MR) is 112 cm³/mol. The number of carboxylic acids is 1. The molecule has 0 aliphatic carbocycles. The van der Waals surface area contributed by atoms with Crippen LogP contribution in [0.4, 0.5) is 0 Å². The predicted octanol–water partition coefficient (Wildman–Crippen LogP) is 5.61. The molecule has 0 aliphatic heterocycles. The molecule has 0 radical (unpaired) electrons. The third-order valence-corrected chi connectivity index (χ3v) is 5.46. The van der Waals surface area contributed by atoms with Gasteiger partial charge in [-0.2, -0.15) is 0 Å². The number of carboxylic acid groups (broad SMARTS) is 1. The summed E-state index contributed by atoms with van der Waals surface area (Å²) in [5, 5.41) is 9.37. The second-order valence-corrected chi connectivity index (χ2v) is 7.82. The third-order valence-electron chi connectivity index (χ3n) is 5.46. The van der Waals surface area contributed by atoms with E-state index in [9.17, 15) is 9.90 Å². The van der Waals surface area contributed by atoms with Gasteiger partial charge in [0.15, 0.2) is 0 Å². The van der Waals surface area contributed by atoms with Crippen LogP contribution in [0.3, 0.4) is 0 Å². The van der Waals surface area contributed by atoms with Crippen molar-refractivity contribution in [1.29, 1.82) is 0 Å². The summed E-state index contributed by atoms with van der Waals surface area (Å²) >= 11 is 0. The van der Waals surface area contributed by atoms with E-state index < -0.39 is 11.5 Å². The quantitative estimate of drug-likeness (QED) is 0.269. The van der Waals surface area contributed by atoms with E-state index in [2.05, 4.69) is 6.92 Å². The molecule has 0 fully saturated rings. The molecule has 0 aromatic heterocycles. The Morgan fingerprint density at radius 3 is 1.36 bits per heavy atom. The Hall–Kier alpha value is 0.430. The standard InChI is InChI=1S/C21H43NO2.Na.H/c1-5-6-7-8-9-10-11-12-13-14-15-16-17-18-19-21(2,20(23)24)22(3)4;;/h5-19H2,1-4H3,(H,23,24);;. The van der Waals surface area contributed by atoms with E-state index in [0.29, 0.717) is 0 Å². The van der Waals surface area contributed by atoms with Crippen molar-refractivity contribution in [2.75, 3.05) is 14.1 Å². The fraction of sp³-hybridized carbons (Fsp3) is 0.952. The van der Waals surface area contributed by atoms with Gasteiger partial charge in [-0.1, -0.05) is 96.8 Å². The summed E-state index contributed by atoms with van der Waals surface area (Å²) in [5.74, 6) is -0.706. The molecule has 146 valence electrons. The topological polar surface area (TPSA) is 40.5 Å². The van der Waals surface area contributed by atoms with Gasteiger partial charge in [0.1, 0.15) is 5.54 Å². The van der Waals surface area contributed by atoms with Crippen molar-refractivity contribution in [3.8, 4) is 0 Å². The van der Waals surface area contributed by atoms with E-state index in [-0.39, 0.29) is 29.6 Å². The molecule has 0 spiro atoms. The summed E-state index contributed by atoms with van der Waals surface area (Å²) in [4.78, 5) is 13.2. The second kappa shape index (κ2) is 17.8. The maximum absolute atomic E-state index is 11.4. The molecule has 0 rings (SSSR count). The molecule has 1 atom stereocenters. The second-order valence-electron chi connectivity index (χ2n) is 7.82. The summed E-state index contributed by atoms with van der Waals surface area (Å²) in [6.45, 7) is 4.10. The first-order chi connectivity index (χ1) is 11.4. The van der Waals surface area contributed by atoms with Gasteiger partial charge in [0.2, 0.25) is 0 Å². The average molecular weight is 366 g/mol. The Morgan fingerprint density at radius 2 is 1.08 bits per heavy atom. The number of hydrogen-bond donors (Lipinski definition) is 1. The van der Waals surface area contributed by atoms with Crippen LogP contribution in [0.15, 0.2) is 0 Å². The van der Waals surface area contributed by atoms with Crippen molar-refractivity contribution in [3.63, 3.8) is 0 Å². The van der Waals surface area contributed by atoms with Gasteiger partial charge in [-0.15, -0.1) is 0 Å². The van der Waals surface area contributed by atoms with Crippen LogP contribution in [-0.2, 0) is 4.79 Å². The molecule has 1 unspecified atom stereocenters. The third kappa shape index (κ3) is 14.2. The average Bonchev–Trinajstić information content (AvgIpc) is 2.54. The Morgan fingerprint density at radius 1 is 0.760 bits per heavy atom. The Balaban J connectivity index is 0. The van der Waals surface area contributed by atoms with Crippen LogP contribution in [0.1, 0.15) is 110 Å². The van der Waals surface area contributed by atoms with E-state index in [0.717, 1.165) is 19.3 Å². The van der Waals surface area contributed by atoms with Crippen LogP contribution in [0.2, 0.25) is 0 Å². The normalized spacial score (nSPS) is 13.5. The molecule has 3 nitrogen and oxygen atoms in total. The van der Waals surface area contributed by atoms with Crippen LogP contribution < -0.4 is 0 Å². The fourth-order valence-corrected chi connectivity index (χ4v) is 3.19. The van der Waals surface area contributed by atoms with Crippen molar-refractivity contribution < 1.29 is 9.90 Å². The summed E-state index contributed by atoms with van der Waals surface area (Å²) in [7, 11) is 3.72. The van der Waals surface area contributed by atoms with Gasteiger partial charge >= 0.3 is 35.5 Å². The number of carbonyl (C=O) groups is 1. The first kappa shape index (κ1) is 27.6. The van der Waals surface area contributed by atoms with Gasteiger partial charge in [-0.25, -0.2) is 0 Å². The molecule has 0 amide bonds. The van der Waals surface area contributed by atoms with Gasteiger partial charge < -0.3 is 5.11 Å². The van der Waals surface area contributed by atoms with Crippen LogP contribution in [0.5, 0.6) is 0 Å². The van der Waals surface area contributed by atoms with Gasteiger partial charge in [-0.05, 0) is 27.4 Å². The Bertz CT molecular complexity index is 310. The number of unbranched alkanes of at least 4 members (excludes halogenated alkanes) is 13. The zero-order valence-electron chi connectivity index (χ0n) is 16.9. The van der Waals surface area contributed by atoms with E-state index in [1.807, 2.05) is 25.9 Å². The van der Waals surface area contributed by atoms with Crippen LogP contribution in [0.25, 0.3) is 0 Å². The zero-order valence-corrected chi connectivity index (χ0v) is 16.9. The Labute approximate surface area is 179 Å². The van der Waals surface area contributed by atoms with Crippen molar-refractivity contribution in [1.82, 2.24) is 4.90 Å². The molecule has 0 saturated heterocycles. The minimum atomic E-state index is -0.711. The minimum absolute atomic E-state index is 0. The number of hydrogen-bond acceptors (Lipinski definition) is 2. The number of aliphatic carboxylic acids is 1. The van der Waals surface area contributed by atoms with Crippen LogP contribution in [0, 0.1) is 0 Å². The van der Waals surface area contributed by atoms with Crippen molar-refractivity contribution in [2.45, 2.75) is 116 Å². The number of nitrogens with zero attached hydrogens (tertiary/aromatic N) is 1. The zero-order chi connectivity index (χ0) is 18.3. The molecule has 1 N–H and O–H groups in total. The summed E-state index contributed by atoms with van der Waals surface area (Å²) in [6, 6.07) is 0. The SMILES string of the molecule is CCCCCCCCCCCCCCCCC(C)(C(=O)O)N(C)C.[NaH]. The van der Waals surface area contributed by atoms with Gasteiger partial charge in [-0.3, -0.25) is 9.69 Å². The molecule has 0 saturated carbocycles. The van der Waals surface area contributed by atoms with Gasteiger partial charge in [0.05, 0.1) is 0 Å². The number of rotatable bonds is 17. The molecule has 0 aromatic rings. The molecule has 4 heteroatoms. The van der Waals surface area contributed by atoms with Gasteiger partial charge in [0.25, 0.3) is 0 Å². The fourth-order valence-electron chi connectivity index (χ4n) is 3.19. The number of likely N-dealkylation sites (N-methyl/N-ethyl adjacent to an activating group) is 1. The Kier molecular flexibility index (Phi) is 19.7. The van der Waals surface area contributed by atoms with Crippen molar-refractivity contribution in [2.24, 2.45) is 0 Å². The van der Waals surface area contributed by atoms with Crippen molar-refractivity contribution >= 4 is 35.5 Å². The summed E-state index contributed by atoms with van der Waals surface area (Å²) < 4.78 is 0. The van der Waals surface area contributed by atoms with E-state index in [4.69, 9.17) is 0 Å². The molecule has 0 aliphatic rings. The van der Waals surface area contributed by atoms with Crippen LogP contribution in [-0.4, -0.2) is 65.2 Å². The molecule has 0 aromatic carbocycles.